The van der Waals surface area contributed by atoms with E-state index in [1.54, 1.807) is 17.0 Å². The van der Waals surface area contributed by atoms with Gasteiger partial charge in [0.25, 0.3) is 11.8 Å². The molecule has 40 heavy (non-hydrogen) atoms. The summed E-state index contributed by atoms with van der Waals surface area (Å²) < 4.78 is 20.6. The minimum atomic E-state index is -1.09. The van der Waals surface area contributed by atoms with Gasteiger partial charge in [-0.1, -0.05) is 43.2 Å². The summed E-state index contributed by atoms with van der Waals surface area (Å²) in [4.78, 5) is 41.7. The zero-order valence-electron chi connectivity index (χ0n) is 22.6. The molecular formula is C28H33N5O6S. The Hall–Kier alpha value is -4.32. The molecule has 1 aliphatic rings. The van der Waals surface area contributed by atoms with E-state index in [9.17, 15) is 14.4 Å². The maximum Gasteiger partial charge on any atom is 0.270 e. The first kappa shape index (κ1) is 28.7. The lowest BCUT2D eigenvalue weighted by molar-refractivity contribution is -0.126. The number of ether oxygens (including phenoxy) is 3. The summed E-state index contributed by atoms with van der Waals surface area (Å²) in [5.41, 5.74) is 12.7. The topological polar surface area (TPSA) is 159 Å². The van der Waals surface area contributed by atoms with E-state index in [0.717, 1.165) is 29.9 Å². The lowest BCUT2D eigenvalue weighted by Gasteiger charge is -2.36. The van der Waals surface area contributed by atoms with Gasteiger partial charge in [-0.15, -0.1) is 0 Å². The Kier molecular flexibility index (Phi) is 9.10. The van der Waals surface area contributed by atoms with Crippen molar-refractivity contribution in [1.82, 2.24) is 14.6 Å². The number of carbonyl (C=O) groups excluding carboxylic acids is 3. The average Bonchev–Trinajstić information content (AvgIpc) is 3.64. The molecule has 11 nitrogen and oxygen atoms in total. The smallest absolute Gasteiger partial charge is 0.270 e. The van der Waals surface area contributed by atoms with Crippen LogP contribution in [-0.2, 0) is 11.3 Å². The molecule has 0 radical (unpaired) electrons. The molecule has 1 aromatic heterocycles. The monoisotopic (exact) mass is 567 g/mol. The summed E-state index contributed by atoms with van der Waals surface area (Å²) >= 11 is 0.788. The fourth-order valence-corrected chi connectivity index (χ4v) is 5.75. The first-order valence-corrected chi connectivity index (χ1v) is 13.6. The summed E-state index contributed by atoms with van der Waals surface area (Å²) in [6.45, 7) is 0.252. The molecule has 3 aromatic rings. The summed E-state index contributed by atoms with van der Waals surface area (Å²) in [6.07, 6.45) is 3.18. The molecule has 4 rings (SSSR count). The molecule has 0 saturated heterocycles. The Morgan fingerprint density at radius 2 is 1.68 bits per heavy atom. The Morgan fingerprint density at radius 3 is 2.20 bits per heavy atom. The van der Waals surface area contributed by atoms with E-state index >= 15 is 0 Å². The summed E-state index contributed by atoms with van der Waals surface area (Å²) in [5, 5.41) is 2.99. The first-order chi connectivity index (χ1) is 19.3. The molecule has 0 unspecified atom stereocenters. The maximum absolute atomic E-state index is 14.2. The number of anilines is 1. The van der Waals surface area contributed by atoms with Gasteiger partial charge in [-0.3, -0.25) is 14.4 Å². The second kappa shape index (κ2) is 12.7. The minimum Gasteiger partial charge on any atom is -0.493 e. The first-order valence-electron chi connectivity index (χ1n) is 12.8. The second-order valence-corrected chi connectivity index (χ2v) is 10.1. The number of hydrogen-bond acceptors (Lipinski definition) is 9. The van der Waals surface area contributed by atoms with Crippen LogP contribution in [0.15, 0.2) is 42.5 Å². The molecule has 1 fully saturated rings. The molecule has 2 aromatic carbocycles. The molecule has 5 N–H and O–H groups in total. The Labute approximate surface area is 236 Å². The summed E-state index contributed by atoms with van der Waals surface area (Å²) in [7, 11) is 4.45. The molecule has 1 saturated carbocycles. The van der Waals surface area contributed by atoms with Crippen LogP contribution >= 0.6 is 11.5 Å². The number of rotatable bonds is 11. The van der Waals surface area contributed by atoms with Gasteiger partial charge in [-0.25, -0.2) is 0 Å². The average molecular weight is 568 g/mol. The van der Waals surface area contributed by atoms with Crippen molar-refractivity contribution >= 4 is 34.9 Å². The van der Waals surface area contributed by atoms with Gasteiger partial charge < -0.3 is 35.9 Å². The van der Waals surface area contributed by atoms with Crippen molar-refractivity contribution in [3.8, 4) is 17.2 Å². The van der Waals surface area contributed by atoms with E-state index in [2.05, 4.69) is 9.69 Å². The van der Waals surface area contributed by atoms with Gasteiger partial charge in [0, 0.05) is 12.6 Å². The predicted molar refractivity (Wildman–Crippen MR) is 151 cm³/mol. The highest BCUT2D eigenvalue weighted by atomic mass is 32.1. The van der Waals surface area contributed by atoms with Gasteiger partial charge in [-0.2, -0.15) is 4.37 Å². The van der Waals surface area contributed by atoms with E-state index < -0.39 is 23.8 Å². The normalized spacial score (nSPS) is 13.9. The molecular weight excluding hydrogens is 534 g/mol. The van der Waals surface area contributed by atoms with Crippen LogP contribution in [0.25, 0.3) is 0 Å². The number of amides is 3. The summed E-state index contributed by atoms with van der Waals surface area (Å²) in [5.74, 6) is -0.718. The van der Waals surface area contributed by atoms with E-state index in [0.29, 0.717) is 35.7 Å². The molecule has 12 heteroatoms. The SMILES string of the molecule is COc1cc([C@H](C(=O)NCc2ccccc2)N(C(=O)c2snc(C(N)=O)c2N)C2CCCC2)cc(OC)c1OC. The van der Waals surface area contributed by atoms with Gasteiger partial charge in [0.15, 0.2) is 17.2 Å². The molecule has 212 valence electrons. The molecule has 0 spiro atoms. The van der Waals surface area contributed by atoms with Crippen LogP contribution in [0, 0.1) is 0 Å². The van der Waals surface area contributed by atoms with E-state index in [1.165, 1.54) is 21.3 Å². The number of nitrogens with two attached hydrogens (primary N) is 2. The number of benzene rings is 2. The quantitative estimate of drug-likeness (QED) is 0.318. The minimum absolute atomic E-state index is 0.0500. The maximum atomic E-state index is 14.2. The van der Waals surface area contributed by atoms with Crippen LogP contribution in [0.1, 0.15) is 63.0 Å². The van der Waals surface area contributed by atoms with Crippen molar-refractivity contribution in [3.63, 3.8) is 0 Å². The third-order valence-electron chi connectivity index (χ3n) is 6.95. The van der Waals surface area contributed by atoms with Gasteiger partial charge in [0.2, 0.25) is 11.7 Å². The highest BCUT2D eigenvalue weighted by Crippen LogP contribution is 2.43. The molecule has 0 aliphatic heterocycles. The van der Waals surface area contributed by atoms with Crippen molar-refractivity contribution in [3.05, 3.63) is 64.2 Å². The fourth-order valence-electron chi connectivity index (χ4n) is 5.00. The fraction of sp³-hybridized carbons (Fsp3) is 0.357. The van der Waals surface area contributed by atoms with Gasteiger partial charge in [0.1, 0.15) is 10.9 Å². The summed E-state index contributed by atoms with van der Waals surface area (Å²) in [6, 6.07) is 11.4. The van der Waals surface area contributed by atoms with Crippen LogP contribution in [-0.4, -0.2) is 54.4 Å². The standard InChI is InChI=1S/C28H33N5O6S/c1-37-19-13-17(14-20(38-2)24(19)39-3)23(27(35)31-15-16-9-5-4-6-10-16)33(18-11-7-8-12-18)28(36)25-21(29)22(26(30)34)32-40-25/h4-6,9-10,13-14,18,23H,7-8,11-12,15,29H2,1-3H3,(H2,30,34)(H,31,35)/t23-/m1/s1. The van der Waals surface area contributed by atoms with Crippen LogP contribution in [0.2, 0.25) is 0 Å². The van der Waals surface area contributed by atoms with Gasteiger partial charge in [-0.05, 0) is 47.6 Å². The van der Waals surface area contributed by atoms with Crippen molar-refractivity contribution in [2.75, 3.05) is 27.1 Å². The van der Waals surface area contributed by atoms with Crippen LogP contribution in [0.5, 0.6) is 17.2 Å². The van der Waals surface area contributed by atoms with E-state index in [4.69, 9.17) is 25.7 Å². The second-order valence-electron chi connectivity index (χ2n) is 9.35. The number of primary amides is 1. The third-order valence-corrected chi connectivity index (χ3v) is 7.80. The Balaban J connectivity index is 1.85. The van der Waals surface area contributed by atoms with Crippen LogP contribution in [0.3, 0.4) is 0 Å². The number of nitrogen functional groups attached to an aromatic ring is 1. The number of hydrogen-bond donors (Lipinski definition) is 3. The van der Waals surface area contributed by atoms with Crippen LogP contribution < -0.4 is 31.0 Å². The Bertz CT molecular complexity index is 1350. The Morgan fingerprint density at radius 1 is 1.05 bits per heavy atom. The van der Waals surface area contributed by atoms with E-state index in [-0.39, 0.29) is 28.8 Å². The number of carbonyl (C=O) groups is 3. The van der Waals surface area contributed by atoms with Crippen molar-refractivity contribution < 1.29 is 28.6 Å². The number of nitrogens with zero attached hydrogens (tertiary/aromatic N) is 2. The molecule has 1 heterocycles. The lowest BCUT2D eigenvalue weighted by atomic mass is 9.99. The zero-order valence-corrected chi connectivity index (χ0v) is 23.5. The number of aromatic nitrogens is 1. The van der Waals surface area contributed by atoms with Crippen molar-refractivity contribution in [1.29, 1.82) is 0 Å². The number of nitrogens with one attached hydrogen (secondary N) is 1. The largest absolute Gasteiger partial charge is 0.493 e. The third kappa shape index (κ3) is 5.81. The van der Waals surface area contributed by atoms with Crippen molar-refractivity contribution in [2.45, 2.75) is 44.3 Å². The lowest BCUT2D eigenvalue weighted by Crippen LogP contribution is -2.48. The molecule has 0 bridgehead atoms. The van der Waals surface area contributed by atoms with Gasteiger partial charge in [0.05, 0.1) is 27.0 Å². The molecule has 3 amide bonds. The highest BCUT2D eigenvalue weighted by Gasteiger charge is 2.40. The van der Waals surface area contributed by atoms with Crippen molar-refractivity contribution in [2.24, 2.45) is 5.73 Å². The zero-order chi connectivity index (χ0) is 28.8. The molecule has 1 atom stereocenters. The van der Waals surface area contributed by atoms with E-state index in [1.807, 2.05) is 30.3 Å². The van der Waals surface area contributed by atoms with Crippen LogP contribution in [0.4, 0.5) is 5.69 Å². The highest BCUT2D eigenvalue weighted by molar-refractivity contribution is 7.09. The number of methoxy groups -OCH3 is 3. The van der Waals surface area contributed by atoms with Gasteiger partial charge >= 0.3 is 0 Å². The predicted octanol–water partition coefficient (Wildman–Crippen LogP) is 3.29. The molecule has 1 aliphatic carbocycles.